The third-order valence-corrected chi connectivity index (χ3v) is 6.16. The number of urea groups is 1. The number of carbonyl (C=O) groups is 2. The summed E-state index contributed by atoms with van der Waals surface area (Å²) in [7, 11) is -2.24. The van der Waals surface area contributed by atoms with Crippen LogP contribution in [-0.4, -0.2) is 38.8 Å². The van der Waals surface area contributed by atoms with Gasteiger partial charge in [0.15, 0.2) is 0 Å². The fraction of sp³-hybridized carbons (Fsp3) is 0.167. The van der Waals surface area contributed by atoms with Crippen molar-refractivity contribution in [2.75, 3.05) is 23.6 Å². The number of amides is 3. The predicted molar refractivity (Wildman–Crippen MR) is 128 cm³/mol. The van der Waals surface area contributed by atoms with Gasteiger partial charge in [-0.1, -0.05) is 36.4 Å². The van der Waals surface area contributed by atoms with E-state index in [0.717, 1.165) is 11.6 Å². The molecular weight excluding hydrogens is 459 g/mol. The van der Waals surface area contributed by atoms with Gasteiger partial charge < -0.3 is 15.5 Å². The molecule has 0 unspecified atom stereocenters. The van der Waals surface area contributed by atoms with Crippen LogP contribution in [-0.2, 0) is 21.4 Å². The van der Waals surface area contributed by atoms with Crippen molar-refractivity contribution in [2.45, 2.75) is 17.9 Å². The van der Waals surface area contributed by atoms with E-state index in [1.54, 1.807) is 7.05 Å². The summed E-state index contributed by atoms with van der Waals surface area (Å²) < 4.78 is 40.5. The van der Waals surface area contributed by atoms with Gasteiger partial charge in [0.05, 0.1) is 10.6 Å². The van der Waals surface area contributed by atoms with Gasteiger partial charge in [0.25, 0.3) is 10.0 Å². The average molecular weight is 485 g/mol. The number of halogens is 1. The Morgan fingerprint density at radius 3 is 2.29 bits per heavy atom. The Kier molecular flexibility index (Phi) is 8.20. The summed E-state index contributed by atoms with van der Waals surface area (Å²) in [5.41, 5.74) is 1.51. The molecule has 10 heteroatoms. The number of benzene rings is 3. The quantitative estimate of drug-likeness (QED) is 0.429. The molecule has 3 rings (SSSR count). The largest absolute Gasteiger partial charge is 0.337 e. The van der Waals surface area contributed by atoms with E-state index >= 15 is 0 Å². The van der Waals surface area contributed by atoms with E-state index in [9.17, 15) is 22.4 Å². The van der Waals surface area contributed by atoms with Gasteiger partial charge in [-0.3, -0.25) is 9.52 Å². The molecule has 0 aromatic heterocycles. The van der Waals surface area contributed by atoms with Crippen LogP contribution in [0.15, 0.2) is 83.8 Å². The predicted octanol–water partition coefficient (Wildman–Crippen LogP) is 3.80. The van der Waals surface area contributed by atoms with Gasteiger partial charge in [-0.2, -0.15) is 0 Å². The molecule has 0 heterocycles. The first-order valence-corrected chi connectivity index (χ1v) is 11.9. The highest BCUT2D eigenvalue weighted by Crippen LogP contribution is 2.19. The van der Waals surface area contributed by atoms with Gasteiger partial charge in [-0.05, 0) is 48.0 Å². The highest BCUT2D eigenvalue weighted by atomic mass is 32.2. The van der Waals surface area contributed by atoms with E-state index in [1.807, 2.05) is 30.3 Å². The number of carbonyl (C=O) groups excluding carboxylic acids is 2. The molecule has 0 aliphatic carbocycles. The van der Waals surface area contributed by atoms with Gasteiger partial charge in [-0.25, -0.2) is 17.6 Å². The van der Waals surface area contributed by atoms with E-state index in [1.165, 1.54) is 47.4 Å². The molecular formula is C24H25FN4O4S. The smallest absolute Gasteiger partial charge is 0.317 e. The first-order valence-electron chi connectivity index (χ1n) is 10.4. The Labute approximate surface area is 197 Å². The monoisotopic (exact) mass is 484 g/mol. The molecule has 178 valence electrons. The lowest BCUT2D eigenvalue weighted by atomic mass is 10.2. The molecule has 0 aliphatic rings. The first kappa shape index (κ1) is 24.7. The summed E-state index contributed by atoms with van der Waals surface area (Å²) >= 11 is 0. The molecule has 0 aliphatic heterocycles. The van der Waals surface area contributed by atoms with Crippen molar-refractivity contribution >= 4 is 33.3 Å². The molecule has 0 fully saturated rings. The third-order valence-electron chi connectivity index (χ3n) is 4.76. The Hall–Kier alpha value is -3.92. The topological polar surface area (TPSA) is 108 Å². The SMILES string of the molecule is CN(Cc1ccccc1)C(=O)NCCC(=O)Nc1ccc(S(=O)(=O)Nc2cccc(F)c2)cc1. The minimum Gasteiger partial charge on any atom is -0.337 e. The van der Waals surface area contributed by atoms with Crippen LogP contribution in [0.4, 0.5) is 20.6 Å². The summed E-state index contributed by atoms with van der Waals surface area (Å²) in [5.74, 6) is -0.892. The van der Waals surface area contributed by atoms with Crippen LogP contribution >= 0.6 is 0 Å². The second-order valence-corrected chi connectivity index (χ2v) is 9.19. The van der Waals surface area contributed by atoms with Gasteiger partial charge >= 0.3 is 6.03 Å². The standard InChI is InChI=1S/C24H25FN4O4S/c1-29(17-18-6-3-2-4-7-18)24(31)26-15-14-23(30)27-20-10-12-22(13-11-20)34(32,33)28-21-9-5-8-19(25)16-21/h2-13,16,28H,14-15,17H2,1H3,(H,26,31)(H,27,30). The Balaban J connectivity index is 1.45. The molecule has 0 saturated carbocycles. The number of hydrogen-bond acceptors (Lipinski definition) is 4. The number of nitrogens with one attached hydrogen (secondary N) is 3. The molecule has 8 nitrogen and oxygen atoms in total. The van der Waals surface area contributed by atoms with Crippen molar-refractivity contribution in [2.24, 2.45) is 0 Å². The Bertz CT molecular complexity index is 1240. The highest BCUT2D eigenvalue weighted by molar-refractivity contribution is 7.92. The summed E-state index contributed by atoms with van der Waals surface area (Å²) in [6, 6.07) is 19.9. The van der Waals surface area contributed by atoms with E-state index in [4.69, 9.17) is 0 Å². The number of anilines is 2. The number of rotatable bonds is 9. The molecule has 3 N–H and O–H groups in total. The Morgan fingerprint density at radius 2 is 1.62 bits per heavy atom. The zero-order chi connectivity index (χ0) is 24.6. The maximum Gasteiger partial charge on any atom is 0.317 e. The fourth-order valence-corrected chi connectivity index (χ4v) is 4.10. The molecule has 0 radical (unpaired) electrons. The molecule has 3 aromatic carbocycles. The molecule has 0 spiro atoms. The molecule has 0 bridgehead atoms. The van der Waals surface area contributed by atoms with Crippen molar-refractivity contribution in [1.29, 1.82) is 0 Å². The first-order chi connectivity index (χ1) is 16.2. The van der Waals surface area contributed by atoms with Crippen molar-refractivity contribution in [3.8, 4) is 0 Å². The van der Waals surface area contributed by atoms with Crippen LogP contribution in [0.25, 0.3) is 0 Å². The lowest BCUT2D eigenvalue weighted by molar-refractivity contribution is -0.116. The van der Waals surface area contributed by atoms with Crippen molar-refractivity contribution in [3.05, 3.63) is 90.2 Å². The van der Waals surface area contributed by atoms with E-state index in [2.05, 4.69) is 15.4 Å². The van der Waals surface area contributed by atoms with Crippen LogP contribution in [0.5, 0.6) is 0 Å². The molecule has 34 heavy (non-hydrogen) atoms. The number of nitrogens with zero attached hydrogens (tertiary/aromatic N) is 1. The summed E-state index contributed by atoms with van der Waals surface area (Å²) in [6.07, 6.45) is 0.0477. The lowest BCUT2D eigenvalue weighted by Crippen LogP contribution is -2.38. The average Bonchev–Trinajstić information content (AvgIpc) is 2.79. The maximum absolute atomic E-state index is 13.3. The van der Waals surface area contributed by atoms with Crippen molar-refractivity contribution < 1.29 is 22.4 Å². The number of sulfonamides is 1. The van der Waals surface area contributed by atoms with Gasteiger partial charge in [0, 0.05) is 32.2 Å². The van der Waals surface area contributed by atoms with Crippen LogP contribution in [0.1, 0.15) is 12.0 Å². The van der Waals surface area contributed by atoms with Crippen LogP contribution in [0.2, 0.25) is 0 Å². The maximum atomic E-state index is 13.3. The van der Waals surface area contributed by atoms with Crippen molar-refractivity contribution in [1.82, 2.24) is 10.2 Å². The molecule has 0 saturated heterocycles. The van der Waals surface area contributed by atoms with Crippen LogP contribution in [0, 0.1) is 5.82 Å². The van der Waals surface area contributed by atoms with Gasteiger partial charge in [-0.15, -0.1) is 0 Å². The Morgan fingerprint density at radius 1 is 0.912 bits per heavy atom. The molecule has 3 aromatic rings. The van der Waals surface area contributed by atoms with E-state index in [-0.39, 0.29) is 35.5 Å². The minimum absolute atomic E-state index is 0.0384. The van der Waals surface area contributed by atoms with E-state index in [0.29, 0.717) is 12.2 Å². The zero-order valence-electron chi connectivity index (χ0n) is 18.5. The van der Waals surface area contributed by atoms with Gasteiger partial charge in [0.2, 0.25) is 5.91 Å². The summed E-state index contributed by atoms with van der Waals surface area (Å²) in [6.45, 7) is 0.593. The fourth-order valence-electron chi connectivity index (χ4n) is 3.05. The van der Waals surface area contributed by atoms with Gasteiger partial charge in [0.1, 0.15) is 5.82 Å². The molecule has 3 amide bonds. The second-order valence-electron chi connectivity index (χ2n) is 7.51. The van der Waals surface area contributed by atoms with Crippen LogP contribution < -0.4 is 15.4 Å². The highest BCUT2D eigenvalue weighted by Gasteiger charge is 2.15. The summed E-state index contributed by atoms with van der Waals surface area (Å²) in [4.78, 5) is 25.8. The summed E-state index contributed by atoms with van der Waals surface area (Å²) in [5, 5.41) is 5.34. The normalized spacial score (nSPS) is 10.9. The molecule has 0 atom stereocenters. The second kappa shape index (κ2) is 11.3. The zero-order valence-corrected chi connectivity index (χ0v) is 19.3. The van der Waals surface area contributed by atoms with E-state index < -0.39 is 15.8 Å². The number of hydrogen-bond donors (Lipinski definition) is 3. The van der Waals surface area contributed by atoms with Crippen molar-refractivity contribution in [3.63, 3.8) is 0 Å². The lowest BCUT2D eigenvalue weighted by Gasteiger charge is -2.18. The minimum atomic E-state index is -3.91. The third kappa shape index (κ3) is 7.31. The van der Waals surface area contributed by atoms with Crippen LogP contribution in [0.3, 0.4) is 0 Å².